The maximum atomic E-state index is 11.8. The van der Waals surface area contributed by atoms with Crippen LogP contribution >= 0.6 is 7.78 Å². The summed E-state index contributed by atoms with van der Waals surface area (Å²) >= 11 is 0. The van der Waals surface area contributed by atoms with Gasteiger partial charge in [0.05, 0.1) is 0 Å². The lowest BCUT2D eigenvalue weighted by Crippen LogP contribution is -2.25. The largest absolute Gasteiger partial charge is 0.718 e. The van der Waals surface area contributed by atoms with E-state index in [2.05, 4.69) is 0 Å². The van der Waals surface area contributed by atoms with Gasteiger partial charge < -0.3 is 4.55 Å². The molecule has 1 atom stereocenters. The summed E-state index contributed by atoms with van der Waals surface area (Å²) in [5, 5.41) is -0.954. The van der Waals surface area contributed by atoms with Crippen molar-refractivity contribution in [2.75, 3.05) is 0 Å². The van der Waals surface area contributed by atoms with Crippen LogP contribution in [0.1, 0.15) is 16.7 Å². The Morgan fingerprint density at radius 1 is 0.625 bits per heavy atom. The minimum atomic E-state index is -4.39. The standard InChI is InChI=1S/C19H17O3PS/c20-24(21,22)23-19(16-10-4-1-5-11-16,17-12-6-2-7-13-17)18-14-8-3-9-15-18/h1-15,23H,(H,20,21,22). The van der Waals surface area contributed by atoms with Crippen LogP contribution in [0, 0.1) is 0 Å². The SMILES string of the molecule is O=S(=O)([O-])[PH2+]C(c1ccccc1)(c1ccccc1)c1ccccc1. The third kappa shape index (κ3) is 3.41. The van der Waals surface area contributed by atoms with E-state index in [1.165, 1.54) is 0 Å². The van der Waals surface area contributed by atoms with Crippen LogP contribution in [0.25, 0.3) is 0 Å². The van der Waals surface area contributed by atoms with Gasteiger partial charge in [0.25, 0.3) is 0 Å². The first-order valence-electron chi connectivity index (χ1n) is 7.51. The molecule has 0 aliphatic heterocycles. The third-order valence-corrected chi connectivity index (χ3v) is 7.58. The summed E-state index contributed by atoms with van der Waals surface area (Å²) in [6, 6.07) is 28.2. The summed E-state index contributed by atoms with van der Waals surface area (Å²) in [6.45, 7) is 0. The molecule has 3 nitrogen and oxygen atoms in total. The monoisotopic (exact) mass is 356 g/mol. The summed E-state index contributed by atoms with van der Waals surface area (Å²) in [5.74, 6) is 0. The molecule has 3 rings (SSSR count). The first-order chi connectivity index (χ1) is 11.5. The smallest absolute Gasteiger partial charge is 0.209 e. The molecule has 3 aromatic rings. The van der Waals surface area contributed by atoms with Crippen LogP contribution in [0.5, 0.6) is 0 Å². The topological polar surface area (TPSA) is 57.2 Å². The fourth-order valence-corrected chi connectivity index (χ4v) is 6.97. The zero-order valence-electron chi connectivity index (χ0n) is 12.9. The van der Waals surface area contributed by atoms with Crippen molar-refractivity contribution in [2.45, 2.75) is 5.16 Å². The number of hydrogen-bond donors (Lipinski definition) is 0. The van der Waals surface area contributed by atoms with Crippen LogP contribution in [-0.4, -0.2) is 13.0 Å². The van der Waals surface area contributed by atoms with Crippen molar-refractivity contribution in [1.29, 1.82) is 0 Å². The van der Waals surface area contributed by atoms with Crippen LogP contribution < -0.4 is 0 Å². The number of hydrogen-bond acceptors (Lipinski definition) is 3. The van der Waals surface area contributed by atoms with E-state index in [9.17, 15) is 13.0 Å². The van der Waals surface area contributed by atoms with Gasteiger partial charge in [0.15, 0.2) is 5.16 Å². The Morgan fingerprint density at radius 3 is 1.17 bits per heavy atom. The first-order valence-corrected chi connectivity index (χ1v) is 11.0. The summed E-state index contributed by atoms with van der Waals surface area (Å²) in [4.78, 5) is 0. The minimum Gasteiger partial charge on any atom is -0.718 e. The van der Waals surface area contributed by atoms with E-state index < -0.39 is 22.7 Å². The highest BCUT2D eigenvalue weighted by atomic mass is 32.8. The molecule has 0 heterocycles. The Labute approximate surface area is 143 Å². The van der Waals surface area contributed by atoms with Gasteiger partial charge in [0.2, 0.25) is 9.74 Å². The summed E-state index contributed by atoms with van der Waals surface area (Å²) in [6.07, 6.45) is 0. The summed E-state index contributed by atoms with van der Waals surface area (Å²) in [7, 11) is -5.88. The Balaban J connectivity index is 2.37. The van der Waals surface area contributed by atoms with Crippen molar-refractivity contribution in [3.8, 4) is 0 Å². The lowest BCUT2D eigenvalue weighted by Gasteiger charge is -2.31. The molecule has 0 aromatic heterocycles. The molecule has 122 valence electrons. The predicted molar refractivity (Wildman–Crippen MR) is 98.6 cm³/mol. The second-order valence-electron chi connectivity index (χ2n) is 5.52. The van der Waals surface area contributed by atoms with Gasteiger partial charge in [-0.3, -0.25) is 0 Å². The van der Waals surface area contributed by atoms with Gasteiger partial charge in [0, 0.05) is 16.7 Å². The fraction of sp³-hybridized carbons (Fsp3) is 0.0526. The fourth-order valence-electron chi connectivity index (χ4n) is 3.02. The lowest BCUT2D eigenvalue weighted by atomic mass is 9.84. The van der Waals surface area contributed by atoms with E-state index in [1.54, 1.807) is 0 Å². The van der Waals surface area contributed by atoms with Crippen molar-refractivity contribution < 1.29 is 13.0 Å². The van der Waals surface area contributed by atoms with E-state index in [0.29, 0.717) is 0 Å². The molecule has 3 aromatic carbocycles. The Hall–Kier alpha value is -2.00. The predicted octanol–water partition coefficient (Wildman–Crippen LogP) is 3.85. The van der Waals surface area contributed by atoms with E-state index in [4.69, 9.17) is 0 Å². The van der Waals surface area contributed by atoms with Crippen LogP contribution in [0.3, 0.4) is 0 Å². The molecule has 0 aliphatic rings. The van der Waals surface area contributed by atoms with Crippen LogP contribution in [0.4, 0.5) is 0 Å². The van der Waals surface area contributed by atoms with Crippen molar-refractivity contribution >= 4 is 17.5 Å². The van der Waals surface area contributed by atoms with Gasteiger partial charge in [-0.25, -0.2) is 8.42 Å². The van der Waals surface area contributed by atoms with E-state index in [-0.39, 0.29) is 0 Å². The van der Waals surface area contributed by atoms with Crippen LogP contribution in [0.2, 0.25) is 0 Å². The molecule has 0 saturated carbocycles. The molecule has 0 bridgehead atoms. The van der Waals surface area contributed by atoms with Crippen molar-refractivity contribution in [3.05, 3.63) is 108 Å². The van der Waals surface area contributed by atoms with E-state index in [1.807, 2.05) is 91.0 Å². The van der Waals surface area contributed by atoms with Crippen LogP contribution in [0.15, 0.2) is 91.0 Å². The van der Waals surface area contributed by atoms with Gasteiger partial charge in [-0.1, -0.05) is 91.0 Å². The lowest BCUT2D eigenvalue weighted by molar-refractivity contribution is 0.481. The zero-order chi connectivity index (χ0) is 17.0. The molecule has 0 amide bonds. The molecular formula is C19H17O3PS. The zero-order valence-corrected chi connectivity index (χ0v) is 14.8. The normalized spacial score (nSPS) is 12.5. The molecule has 5 heteroatoms. The average Bonchev–Trinajstić information content (AvgIpc) is 2.61. The second-order valence-corrected chi connectivity index (χ2v) is 10.0. The second kappa shape index (κ2) is 6.86. The number of rotatable bonds is 5. The van der Waals surface area contributed by atoms with Crippen molar-refractivity contribution in [2.24, 2.45) is 0 Å². The van der Waals surface area contributed by atoms with Crippen molar-refractivity contribution in [3.63, 3.8) is 0 Å². The maximum Gasteiger partial charge on any atom is 0.209 e. The van der Waals surface area contributed by atoms with Crippen molar-refractivity contribution in [1.82, 2.24) is 0 Å². The summed E-state index contributed by atoms with van der Waals surface area (Å²) < 4.78 is 35.5. The molecule has 0 aliphatic carbocycles. The molecule has 24 heavy (non-hydrogen) atoms. The van der Waals surface area contributed by atoms with Gasteiger partial charge in [-0.15, -0.1) is 0 Å². The van der Waals surface area contributed by atoms with Gasteiger partial charge in [-0.2, -0.15) is 0 Å². The number of benzene rings is 3. The Bertz CT molecular complexity index is 798. The maximum absolute atomic E-state index is 11.8. The highest BCUT2D eigenvalue weighted by molar-refractivity contribution is 8.40. The molecular weight excluding hydrogens is 339 g/mol. The van der Waals surface area contributed by atoms with Gasteiger partial charge in [-0.05, 0) is 0 Å². The average molecular weight is 356 g/mol. The third-order valence-electron chi connectivity index (χ3n) is 4.01. The first kappa shape index (κ1) is 16.8. The molecule has 0 radical (unpaired) electrons. The highest BCUT2D eigenvalue weighted by Gasteiger charge is 2.44. The molecule has 0 saturated heterocycles. The minimum absolute atomic E-state index is 0.817. The van der Waals surface area contributed by atoms with Gasteiger partial charge in [0.1, 0.15) is 7.78 Å². The van der Waals surface area contributed by atoms with Gasteiger partial charge >= 0.3 is 0 Å². The van der Waals surface area contributed by atoms with Crippen LogP contribution in [-0.2, 0) is 14.9 Å². The van der Waals surface area contributed by atoms with E-state index >= 15 is 0 Å². The quantitative estimate of drug-likeness (QED) is 0.396. The van der Waals surface area contributed by atoms with E-state index in [0.717, 1.165) is 16.7 Å². The Morgan fingerprint density at radius 2 is 0.917 bits per heavy atom. The molecule has 0 fully saturated rings. The molecule has 0 spiro atoms. The highest BCUT2D eigenvalue weighted by Crippen LogP contribution is 2.54. The molecule has 1 unspecified atom stereocenters. The Kier molecular flexibility index (Phi) is 4.81. The summed E-state index contributed by atoms with van der Waals surface area (Å²) in [5.41, 5.74) is 2.45. The molecule has 0 N–H and O–H groups in total.